The number of carbonyl (C=O) groups is 2. The SMILES string of the molecule is CCCCC1CC(=O)CC(=O)C1. The molecule has 1 aliphatic rings. The third kappa shape index (κ3) is 2.76. The van der Waals surface area contributed by atoms with Gasteiger partial charge in [-0.15, -0.1) is 0 Å². The molecule has 0 N–H and O–H groups in total. The summed E-state index contributed by atoms with van der Waals surface area (Å²) < 4.78 is 0. The van der Waals surface area contributed by atoms with Crippen LogP contribution in [-0.2, 0) is 9.59 Å². The van der Waals surface area contributed by atoms with E-state index in [9.17, 15) is 9.59 Å². The van der Waals surface area contributed by atoms with Gasteiger partial charge in [0.2, 0.25) is 0 Å². The Morgan fingerprint density at radius 2 is 1.83 bits per heavy atom. The van der Waals surface area contributed by atoms with E-state index in [1.165, 1.54) is 0 Å². The minimum absolute atomic E-state index is 0.146. The van der Waals surface area contributed by atoms with E-state index in [0.717, 1.165) is 19.3 Å². The van der Waals surface area contributed by atoms with E-state index in [-0.39, 0.29) is 18.0 Å². The van der Waals surface area contributed by atoms with Gasteiger partial charge in [-0.2, -0.15) is 0 Å². The van der Waals surface area contributed by atoms with Crippen LogP contribution in [0, 0.1) is 5.92 Å². The molecule has 0 heterocycles. The molecule has 1 fully saturated rings. The van der Waals surface area contributed by atoms with Crippen LogP contribution in [0.5, 0.6) is 0 Å². The molecule has 0 saturated heterocycles. The number of hydrogen-bond acceptors (Lipinski definition) is 2. The number of ketones is 2. The second-order valence-electron chi connectivity index (χ2n) is 3.67. The summed E-state index contributed by atoms with van der Waals surface area (Å²) in [5, 5.41) is 0. The third-order valence-electron chi connectivity index (χ3n) is 2.39. The first-order valence-corrected chi connectivity index (χ1v) is 4.75. The van der Waals surface area contributed by atoms with Crippen molar-refractivity contribution < 1.29 is 9.59 Å². The Hall–Kier alpha value is -0.660. The van der Waals surface area contributed by atoms with Crippen LogP contribution in [0.1, 0.15) is 45.4 Å². The fourth-order valence-electron chi connectivity index (χ4n) is 1.78. The predicted octanol–water partition coefficient (Wildman–Crippen LogP) is 2.11. The average Bonchev–Trinajstić information content (AvgIpc) is 1.99. The van der Waals surface area contributed by atoms with Gasteiger partial charge in [-0.1, -0.05) is 19.8 Å². The largest absolute Gasteiger partial charge is 0.299 e. The van der Waals surface area contributed by atoms with E-state index < -0.39 is 0 Å². The van der Waals surface area contributed by atoms with Crippen LogP contribution in [0.3, 0.4) is 0 Å². The summed E-state index contributed by atoms with van der Waals surface area (Å²) in [6, 6.07) is 0. The fraction of sp³-hybridized carbons (Fsp3) is 0.800. The maximum Gasteiger partial charge on any atom is 0.140 e. The van der Waals surface area contributed by atoms with Crippen molar-refractivity contribution >= 4 is 11.6 Å². The molecule has 0 bridgehead atoms. The Balaban J connectivity index is 2.34. The van der Waals surface area contributed by atoms with E-state index in [4.69, 9.17) is 0 Å². The van der Waals surface area contributed by atoms with Crippen LogP contribution in [-0.4, -0.2) is 11.6 Å². The van der Waals surface area contributed by atoms with Crippen molar-refractivity contribution in [2.75, 3.05) is 0 Å². The lowest BCUT2D eigenvalue weighted by Crippen LogP contribution is -2.22. The Kier molecular flexibility index (Phi) is 3.45. The van der Waals surface area contributed by atoms with Gasteiger partial charge in [0.05, 0.1) is 6.42 Å². The molecule has 1 saturated carbocycles. The Labute approximate surface area is 73.3 Å². The summed E-state index contributed by atoms with van der Waals surface area (Å²) in [5.41, 5.74) is 0. The zero-order valence-corrected chi connectivity index (χ0v) is 7.64. The first kappa shape index (κ1) is 9.43. The van der Waals surface area contributed by atoms with Gasteiger partial charge in [-0.3, -0.25) is 9.59 Å². The van der Waals surface area contributed by atoms with Gasteiger partial charge in [0, 0.05) is 12.8 Å². The summed E-state index contributed by atoms with van der Waals surface area (Å²) >= 11 is 0. The summed E-state index contributed by atoms with van der Waals surface area (Å²) in [7, 11) is 0. The molecule has 0 unspecified atom stereocenters. The van der Waals surface area contributed by atoms with Crippen molar-refractivity contribution in [3.8, 4) is 0 Å². The van der Waals surface area contributed by atoms with Crippen molar-refractivity contribution in [2.45, 2.75) is 45.4 Å². The Bertz CT molecular complexity index is 168. The molecule has 0 radical (unpaired) electrons. The van der Waals surface area contributed by atoms with E-state index in [2.05, 4.69) is 6.92 Å². The number of unbranched alkanes of at least 4 members (excludes halogenated alkanes) is 1. The van der Waals surface area contributed by atoms with Gasteiger partial charge in [-0.05, 0) is 12.3 Å². The van der Waals surface area contributed by atoms with Crippen LogP contribution in [0.15, 0.2) is 0 Å². The molecule has 0 atom stereocenters. The lowest BCUT2D eigenvalue weighted by molar-refractivity contribution is -0.131. The van der Waals surface area contributed by atoms with Crippen molar-refractivity contribution in [3.63, 3.8) is 0 Å². The molecule has 0 amide bonds. The van der Waals surface area contributed by atoms with Crippen LogP contribution in [0.4, 0.5) is 0 Å². The highest BCUT2D eigenvalue weighted by molar-refractivity contribution is 6.01. The normalized spacial score (nSPS) is 20.1. The molecule has 0 aliphatic heterocycles. The Morgan fingerprint density at radius 3 is 2.33 bits per heavy atom. The van der Waals surface area contributed by atoms with E-state index >= 15 is 0 Å². The van der Waals surface area contributed by atoms with Crippen LogP contribution in [0.2, 0.25) is 0 Å². The molecule has 0 aromatic carbocycles. The highest BCUT2D eigenvalue weighted by Crippen LogP contribution is 2.23. The van der Waals surface area contributed by atoms with Crippen LogP contribution in [0.25, 0.3) is 0 Å². The molecule has 1 rings (SSSR count). The van der Waals surface area contributed by atoms with Crippen molar-refractivity contribution in [1.29, 1.82) is 0 Å². The number of rotatable bonds is 3. The first-order valence-electron chi connectivity index (χ1n) is 4.75. The zero-order chi connectivity index (χ0) is 8.97. The van der Waals surface area contributed by atoms with Crippen molar-refractivity contribution in [2.24, 2.45) is 5.92 Å². The molecule has 0 aromatic rings. The lowest BCUT2D eigenvalue weighted by atomic mass is 9.84. The summed E-state index contributed by atoms with van der Waals surface area (Å²) in [6.45, 7) is 2.13. The smallest absolute Gasteiger partial charge is 0.140 e. The van der Waals surface area contributed by atoms with Gasteiger partial charge >= 0.3 is 0 Å². The lowest BCUT2D eigenvalue weighted by Gasteiger charge is -2.19. The molecule has 0 spiro atoms. The fourth-order valence-corrected chi connectivity index (χ4v) is 1.78. The summed E-state index contributed by atoms with van der Waals surface area (Å²) in [4.78, 5) is 22.1. The second kappa shape index (κ2) is 4.39. The predicted molar refractivity (Wildman–Crippen MR) is 46.9 cm³/mol. The van der Waals surface area contributed by atoms with E-state index in [0.29, 0.717) is 18.8 Å². The summed E-state index contributed by atoms with van der Waals surface area (Å²) in [5.74, 6) is 0.651. The average molecular weight is 168 g/mol. The van der Waals surface area contributed by atoms with Crippen LogP contribution < -0.4 is 0 Å². The maximum atomic E-state index is 11.0. The number of carbonyl (C=O) groups excluding carboxylic acids is 2. The minimum Gasteiger partial charge on any atom is -0.299 e. The van der Waals surface area contributed by atoms with Crippen molar-refractivity contribution in [1.82, 2.24) is 0 Å². The number of Topliss-reactive ketones (excluding diaryl/α,β-unsaturated/α-hetero) is 2. The molecule has 0 aromatic heterocycles. The summed E-state index contributed by atoms with van der Waals surface area (Å²) in [6.07, 6.45) is 4.83. The molecular formula is C10H16O2. The molecule has 2 heteroatoms. The van der Waals surface area contributed by atoms with Gasteiger partial charge in [-0.25, -0.2) is 0 Å². The molecule has 12 heavy (non-hydrogen) atoms. The highest BCUT2D eigenvalue weighted by Gasteiger charge is 2.24. The first-order chi connectivity index (χ1) is 5.72. The van der Waals surface area contributed by atoms with E-state index in [1.54, 1.807) is 0 Å². The van der Waals surface area contributed by atoms with Gasteiger partial charge in [0.15, 0.2) is 0 Å². The molecular weight excluding hydrogens is 152 g/mol. The van der Waals surface area contributed by atoms with Crippen LogP contribution >= 0.6 is 0 Å². The highest BCUT2D eigenvalue weighted by atomic mass is 16.1. The molecule has 1 aliphatic carbocycles. The van der Waals surface area contributed by atoms with Gasteiger partial charge < -0.3 is 0 Å². The minimum atomic E-state index is 0.146. The van der Waals surface area contributed by atoms with Gasteiger partial charge in [0.1, 0.15) is 11.6 Å². The quantitative estimate of drug-likeness (QED) is 0.605. The van der Waals surface area contributed by atoms with Gasteiger partial charge in [0.25, 0.3) is 0 Å². The monoisotopic (exact) mass is 168 g/mol. The molecule has 68 valence electrons. The third-order valence-corrected chi connectivity index (χ3v) is 2.39. The van der Waals surface area contributed by atoms with E-state index in [1.807, 2.05) is 0 Å². The Morgan fingerprint density at radius 1 is 1.25 bits per heavy atom. The zero-order valence-electron chi connectivity index (χ0n) is 7.64. The maximum absolute atomic E-state index is 11.0. The topological polar surface area (TPSA) is 34.1 Å². The van der Waals surface area contributed by atoms with Crippen molar-refractivity contribution in [3.05, 3.63) is 0 Å². The second-order valence-corrected chi connectivity index (χ2v) is 3.67. The molecule has 2 nitrogen and oxygen atoms in total. The number of hydrogen-bond donors (Lipinski definition) is 0. The standard InChI is InChI=1S/C10H16O2/c1-2-3-4-8-5-9(11)7-10(12)6-8/h8H,2-7H2,1H3.